The minimum Gasteiger partial charge on any atom is -0.398 e. The van der Waals surface area contributed by atoms with Gasteiger partial charge in [-0.25, -0.2) is 4.98 Å². The normalized spacial score (nSPS) is 11.5. The van der Waals surface area contributed by atoms with Gasteiger partial charge in [0.25, 0.3) is 0 Å². The highest BCUT2D eigenvalue weighted by molar-refractivity contribution is 5.48. The topological polar surface area (TPSA) is 46.6 Å². The van der Waals surface area contributed by atoms with Crippen LogP contribution in [0.4, 0.5) is 5.69 Å². The van der Waals surface area contributed by atoms with Gasteiger partial charge in [-0.05, 0) is 32.1 Å². The van der Waals surface area contributed by atoms with Gasteiger partial charge in [0.05, 0.1) is 11.9 Å². The van der Waals surface area contributed by atoms with Crippen molar-refractivity contribution in [2.75, 3.05) is 19.3 Å². The second-order valence-corrected chi connectivity index (χ2v) is 4.53. The van der Waals surface area contributed by atoms with E-state index in [9.17, 15) is 0 Å². The Labute approximate surface area is 102 Å². The number of rotatable bonds is 5. The summed E-state index contributed by atoms with van der Waals surface area (Å²) in [5, 5.41) is 0. The first-order chi connectivity index (χ1) is 8.20. The molecule has 4 nitrogen and oxygen atoms in total. The molecular formula is C13H20N4. The summed E-state index contributed by atoms with van der Waals surface area (Å²) >= 11 is 0. The van der Waals surface area contributed by atoms with Gasteiger partial charge in [-0.1, -0.05) is 13.3 Å². The van der Waals surface area contributed by atoms with Crippen LogP contribution in [0.1, 0.15) is 25.5 Å². The molecule has 17 heavy (non-hydrogen) atoms. The molecule has 2 heterocycles. The minimum atomic E-state index is 0.771. The van der Waals surface area contributed by atoms with Crippen molar-refractivity contribution in [2.24, 2.45) is 0 Å². The largest absolute Gasteiger partial charge is 0.398 e. The van der Waals surface area contributed by atoms with Gasteiger partial charge in [-0.15, -0.1) is 0 Å². The molecule has 0 atom stereocenters. The van der Waals surface area contributed by atoms with Crippen LogP contribution < -0.4 is 5.73 Å². The Balaban J connectivity index is 2.15. The first-order valence-electron chi connectivity index (χ1n) is 6.10. The number of imidazole rings is 1. The molecule has 92 valence electrons. The van der Waals surface area contributed by atoms with Gasteiger partial charge in [-0.2, -0.15) is 0 Å². The van der Waals surface area contributed by atoms with Crippen LogP contribution in [-0.2, 0) is 6.54 Å². The fraction of sp³-hybridized carbons (Fsp3) is 0.462. The summed E-state index contributed by atoms with van der Waals surface area (Å²) in [7, 11) is 2.14. The number of pyridine rings is 1. The van der Waals surface area contributed by atoms with Crippen molar-refractivity contribution in [3.05, 3.63) is 30.2 Å². The van der Waals surface area contributed by atoms with Crippen molar-refractivity contribution < 1.29 is 0 Å². The number of unbranched alkanes of at least 4 members (excludes halogenated alkanes) is 1. The Morgan fingerprint density at radius 2 is 2.24 bits per heavy atom. The zero-order valence-corrected chi connectivity index (χ0v) is 10.6. The SMILES string of the molecule is CCCCN(C)Cc1cnc2ccc(N)cn12. The van der Waals surface area contributed by atoms with Gasteiger partial charge in [0.15, 0.2) is 0 Å². The molecule has 2 aromatic heterocycles. The van der Waals surface area contributed by atoms with E-state index >= 15 is 0 Å². The van der Waals surface area contributed by atoms with Crippen LogP contribution in [0.25, 0.3) is 5.65 Å². The molecular weight excluding hydrogens is 212 g/mol. The second kappa shape index (κ2) is 5.19. The number of hydrogen-bond donors (Lipinski definition) is 1. The quantitative estimate of drug-likeness (QED) is 0.859. The molecule has 0 unspecified atom stereocenters. The summed E-state index contributed by atoms with van der Waals surface area (Å²) in [5.74, 6) is 0. The van der Waals surface area contributed by atoms with Crippen LogP contribution in [0.3, 0.4) is 0 Å². The highest BCUT2D eigenvalue weighted by Crippen LogP contribution is 2.12. The predicted molar refractivity (Wildman–Crippen MR) is 70.8 cm³/mol. The third-order valence-corrected chi connectivity index (χ3v) is 2.93. The molecule has 0 radical (unpaired) electrons. The van der Waals surface area contributed by atoms with E-state index in [1.165, 1.54) is 18.5 Å². The standard InChI is InChI=1S/C13H20N4/c1-3-4-7-16(2)10-12-8-15-13-6-5-11(14)9-17(12)13/h5-6,8-9H,3-4,7,10,14H2,1-2H3. The molecule has 0 spiro atoms. The van der Waals surface area contributed by atoms with E-state index in [1.807, 2.05) is 24.5 Å². The number of hydrogen-bond acceptors (Lipinski definition) is 3. The molecule has 0 aliphatic rings. The second-order valence-electron chi connectivity index (χ2n) is 4.53. The number of nitrogen functional groups attached to an aromatic ring is 1. The predicted octanol–water partition coefficient (Wildman–Crippen LogP) is 2.15. The van der Waals surface area contributed by atoms with E-state index in [-0.39, 0.29) is 0 Å². The summed E-state index contributed by atoms with van der Waals surface area (Å²) in [5.41, 5.74) is 8.71. The average molecular weight is 232 g/mol. The summed E-state index contributed by atoms with van der Waals surface area (Å²) < 4.78 is 2.07. The number of nitrogens with zero attached hydrogens (tertiary/aromatic N) is 3. The van der Waals surface area contributed by atoms with Gasteiger partial charge in [0.1, 0.15) is 5.65 Å². The van der Waals surface area contributed by atoms with Crippen LogP contribution in [0.2, 0.25) is 0 Å². The van der Waals surface area contributed by atoms with Crippen LogP contribution in [0, 0.1) is 0 Å². The monoisotopic (exact) mass is 232 g/mol. The van der Waals surface area contributed by atoms with E-state index in [0.717, 1.165) is 24.4 Å². The molecule has 0 saturated heterocycles. The molecule has 0 aliphatic heterocycles. The Kier molecular flexibility index (Phi) is 3.64. The van der Waals surface area contributed by atoms with Gasteiger partial charge in [0.2, 0.25) is 0 Å². The van der Waals surface area contributed by atoms with E-state index < -0.39 is 0 Å². The average Bonchev–Trinajstić information content (AvgIpc) is 2.69. The first kappa shape index (κ1) is 11.9. The van der Waals surface area contributed by atoms with E-state index in [1.54, 1.807) is 0 Å². The summed E-state index contributed by atoms with van der Waals surface area (Å²) in [6, 6.07) is 3.83. The third kappa shape index (κ3) is 2.77. The highest BCUT2D eigenvalue weighted by atomic mass is 15.1. The Morgan fingerprint density at radius 1 is 1.41 bits per heavy atom. The molecule has 2 rings (SSSR count). The van der Waals surface area contributed by atoms with E-state index in [2.05, 4.69) is 28.3 Å². The molecule has 4 heteroatoms. The van der Waals surface area contributed by atoms with Crippen molar-refractivity contribution >= 4 is 11.3 Å². The van der Waals surface area contributed by atoms with Gasteiger partial charge in [0, 0.05) is 18.4 Å². The summed E-state index contributed by atoms with van der Waals surface area (Å²) in [4.78, 5) is 6.69. The molecule has 0 aliphatic carbocycles. The van der Waals surface area contributed by atoms with Crippen molar-refractivity contribution in [2.45, 2.75) is 26.3 Å². The Hall–Kier alpha value is -1.55. The third-order valence-electron chi connectivity index (χ3n) is 2.93. The lowest BCUT2D eigenvalue weighted by atomic mass is 10.3. The molecule has 0 amide bonds. The van der Waals surface area contributed by atoms with Crippen molar-refractivity contribution in [1.82, 2.24) is 14.3 Å². The van der Waals surface area contributed by atoms with Crippen molar-refractivity contribution in [3.63, 3.8) is 0 Å². The van der Waals surface area contributed by atoms with Crippen molar-refractivity contribution in [3.8, 4) is 0 Å². The summed E-state index contributed by atoms with van der Waals surface area (Å²) in [6.07, 6.45) is 6.32. The van der Waals surface area contributed by atoms with Gasteiger partial charge >= 0.3 is 0 Å². The highest BCUT2D eigenvalue weighted by Gasteiger charge is 2.06. The lowest BCUT2D eigenvalue weighted by molar-refractivity contribution is 0.316. The zero-order chi connectivity index (χ0) is 12.3. The van der Waals surface area contributed by atoms with Crippen LogP contribution in [0.15, 0.2) is 24.5 Å². The maximum Gasteiger partial charge on any atom is 0.137 e. The van der Waals surface area contributed by atoms with Gasteiger partial charge in [-0.3, -0.25) is 0 Å². The maximum absolute atomic E-state index is 5.80. The summed E-state index contributed by atoms with van der Waals surface area (Å²) in [6.45, 7) is 4.24. The Bertz CT molecular complexity index is 489. The minimum absolute atomic E-state index is 0.771. The smallest absolute Gasteiger partial charge is 0.137 e. The number of aromatic nitrogens is 2. The molecule has 2 aromatic rings. The lowest BCUT2D eigenvalue weighted by Gasteiger charge is -2.15. The van der Waals surface area contributed by atoms with E-state index in [0.29, 0.717) is 0 Å². The number of anilines is 1. The van der Waals surface area contributed by atoms with Crippen LogP contribution in [-0.4, -0.2) is 27.9 Å². The van der Waals surface area contributed by atoms with Crippen molar-refractivity contribution in [1.29, 1.82) is 0 Å². The van der Waals surface area contributed by atoms with E-state index in [4.69, 9.17) is 5.73 Å². The Morgan fingerprint density at radius 3 is 3.00 bits per heavy atom. The molecule has 0 bridgehead atoms. The number of nitrogens with two attached hydrogens (primary N) is 1. The molecule has 0 fully saturated rings. The number of fused-ring (bicyclic) bond motifs is 1. The fourth-order valence-electron chi connectivity index (χ4n) is 1.95. The maximum atomic E-state index is 5.80. The fourth-order valence-corrected chi connectivity index (χ4v) is 1.95. The van der Waals surface area contributed by atoms with Crippen LogP contribution in [0.5, 0.6) is 0 Å². The molecule has 0 aromatic carbocycles. The first-order valence-corrected chi connectivity index (χ1v) is 6.10. The lowest BCUT2D eigenvalue weighted by Crippen LogP contribution is -2.19. The molecule has 0 saturated carbocycles. The molecule has 2 N–H and O–H groups in total. The van der Waals surface area contributed by atoms with Gasteiger partial charge < -0.3 is 15.0 Å². The van der Waals surface area contributed by atoms with Crippen LogP contribution >= 0.6 is 0 Å². The zero-order valence-electron chi connectivity index (χ0n) is 10.6.